The van der Waals surface area contributed by atoms with Crippen LogP contribution in [0.5, 0.6) is 0 Å². The molecule has 7 heteroatoms. The Morgan fingerprint density at radius 2 is 2.07 bits per heavy atom. The van der Waals surface area contributed by atoms with Crippen LogP contribution in [-0.4, -0.2) is 15.1 Å². The SMILES string of the molecule is FC(F)(F)c1nc(-c2cccnc2)no1. The van der Waals surface area contributed by atoms with Crippen molar-refractivity contribution in [3.8, 4) is 11.4 Å². The predicted molar refractivity (Wildman–Crippen MR) is 42.5 cm³/mol. The lowest BCUT2D eigenvalue weighted by atomic mass is 10.3. The first-order valence-electron chi connectivity index (χ1n) is 3.88. The van der Waals surface area contributed by atoms with Gasteiger partial charge in [-0.1, -0.05) is 5.16 Å². The van der Waals surface area contributed by atoms with E-state index < -0.39 is 12.1 Å². The molecule has 0 spiro atoms. The van der Waals surface area contributed by atoms with E-state index in [0.717, 1.165) is 0 Å². The summed E-state index contributed by atoms with van der Waals surface area (Å²) < 4.78 is 40.4. The van der Waals surface area contributed by atoms with Gasteiger partial charge < -0.3 is 4.52 Å². The zero-order chi connectivity index (χ0) is 10.9. The fourth-order valence-electron chi connectivity index (χ4n) is 0.951. The van der Waals surface area contributed by atoms with E-state index in [2.05, 4.69) is 19.6 Å². The molecule has 2 heterocycles. The molecule has 2 rings (SSSR count). The van der Waals surface area contributed by atoms with Crippen molar-refractivity contribution in [1.82, 2.24) is 15.1 Å². The molecule has 0 amide bonds. The molecule has 78 valence electrons. The molecule has 2 aromatic heterocycles. The Kier molecular flexibility index (Phi) is 2.14. The maximum atomic E-state index is 12.1. The Labute approximate surface area is 81.8 Å². The summed E-state index contributed by atoms with van der Waals surface area (Å²) in [6, 6.07) is 3.11. The molecule has 4 nitrogen and oxygen atoms in total. The summed E-state index contributed by atoms with van der Waals surface area (Å²) in [5, 5.41) is 3.21. The molecule has 0 aliphatic heterocycles. The molecule has 15 heavy (non-hydrogen) atoms. The standard InChI is InChI=1S/C8H4F3N3O/c9-8(10,11)7-13-6(14-15-7)5-2-1-3-12-4-5/h1-4H. The van der Waals surface area contributed by atoms with Crippen molar-refractivity contribution in [2.75, 3.05) is 0 Å². The first kappa shape index (κ1) is 9.63. The largest absolute Gasteiger partial charge is 0.471 e. The number of alkyl halides is 3. The Hall–Kier alpha value is -1.92. The van der Waals surface area contributed by atoms with E-state index in [-0.39, 0.29) is 5.82 Å². The second-order valence-electron chi connectivity index (χ2n) is 2.66. The van der Waals surface area contributed by atoms with Crippen molar-refractivity contribution in [2.45, 2.75) is 6.18 Å². The third-order valence-corrected chi connectivity index (χ3v) is 1.59. The minimum absolute atomic E-state index is 0.129. The van der Waals surface area contributed by atoms with Gasteiger partial charge in [-0.3, -0.25) is 4.98 Å². The van der Waals surface area contributed by atoms with Crippen molar-refractivity contribution < 1.29 is 17.7 Å². The lowest BCUT2D eigenvalue weighted by Crippen LogP contribution is -2.04. The van der Waals surface area contributed by atoms with Gasteiger partial charge in [0.05, 0.1) is 0 Å². The van der Waals surface area contributed by atoms with E-state index in [1.54, 1.807) is 6.07 Å². The van der Waals surface area contributed by atoms with Crippen LogP contribution in [0.25, 0.3) is 11.4 Å². The molecule has 0 unspecified atom stereocenters. The third-order valence-electron chi connectivity index (χ3n) is 1.59. The number of hydrogen-bond acceptors (Lipinski definition) is 4. The van der Waals surface area contributed by atoms with Gasteiger partial charge in [-0.15, -0.1) is 0 Å². The zero-order valence-corrected chi connectivity index (χ0v) is 7.19. The quantitative estimate of drug-likeness (QED) is 0.731. The Morgan fingerprint density at radius 1 is 1.27 bits per heavy atom. The van der Waals surface area contributed by atoms with E-state index in [0.29, 0.717) is 5.56 Å². The van der Waals surface area contributed by atoms with Crippen LogP contribution in [0.2, 0.25) is 0 Å². The molecule has 0 radical (unpaired) electrons. The van der Waals surface area contributed by atoms with Gasteiger partial charge in [0.2, 0.25) is 5.82 Å². The highest BCUT2D eigenvalue weighted by molar-refractivity contribution is 5.51. The third kappa shape index (κ3) is 1.95. The van der Waals surface area contributed by atoms with E-state index in [4.69, 9.17) is 0 Å². The van der Waals surface area contributed by atoms with Gasteiger partial charge in [-0.2, -0.15) is 18.2 Å². The number of halogens is 3. The highest BCUT2D eigenvalue weighted by Gasteiger charge is 2.38. The maximum Gasteiger partial charge on any atom is 0.471 e. The van der Waals surface area contributed by atoms with Crippen LogP contribution in [0.1, 0.15) is 5.89 Å². The average Bonchev–Trinajstić information content (AvgIpc) is 2.67. The highest BCUT2D eigenvalue weighted by atomic mass is 19.4. The summed E-state index contributed by atoms with van der Waals surface area (Å²) in [4.78, 5) is 6.94. The number of rotatable bonds is 1. The molecule has 0 aliphatic carbocycles. The van der Waals surface area contributed by atoms with Crippen molar-refractivity contribution in [3.05, 3.63) is 30.4 Å². The minimum Gasteiger partial charge on any atom is -0.329 e. The summed E-state index contributed by atoms with van der Waals surface area (Å²) in [5.41, 5.74) is 0.372. The summed E-state index contributed by atoms with van der Waals surface area (Å²) in [5.74, 6) is -1.49. The Morgan fingerprint density at radius 3 is 2.60 bits per heavy atom. The molecular weight excluding hydrogens is 211 g/mol. The number of pyridine rings is 1. The summed E-state index contributed by atoms with van der Waals surface area (Å²) in [6.07, 6.45) is -1.77. The molecule has 0 aromatic carbocycles. The molecule has 0 fully saturated rings. The van der Waals surface area contributed by atoms with Crippen LogP contribution in [-0.2, 0) is 6.18 Å². The van der Waals surface area contributed by atoms with Crippen LogP contribution in [0.3, 0.4) is 0 Å². The number of hydrogen-bond donors (Lipinski definition) is 0. The fraction of sp³-hybridized carbons (Fsp3) is 0.125. The van der Waals surface area contributed by atoms with E-state index >= 15 is 0 Å². The van der Waals surface area contributed by atoms with Gasteiger partial charge >= 0.3 is 12.1 Å². The van der Waals surface area contributed by atoms with Crippen LogP contribution >= 0.6 is 0 Å². The van der Waals surface area contributed by atoms with Crippen molar-refractivity contribution >= 4 is 0 Å². The first-order chi connectivity index (χ1) is 7.07. The van der Waals surface area contributed by atoms with Gasteiger partial charge in [0, 0.05) is 18.0 Å². The molecular formula is C8H4F3N3O. The van der Waals surface area contributed by atoms with Gasteiger partial charge in [-0.25, -0.2) is 0 Å². The summed E-state index contributed by atoms with van der Waals surface area (Å²) in [6.45, 7) is 0. The van der Waals surface area contributed by atoms with Crippen molar-refractivity contribution in [3.63, 3.8) is 0 Å². The molecule has 0 bridgehead atoms. The normalized spacial score (nSPS) is 11.7. The van der Waals surface area contributed by atoms with E-state index in [9.17, 15) is 13.2 Å². The monoisotopic (exact) mass is 215 g/mol. The van der Waals surface area contributed by atoms with Gasteiger partial charge in [0.15, 0.2) is 0 Å². The maximum absolute atomic E-state index is 12.1. The van der Waals surface area contributed by atoms with Crippen LogP contribution in [0.15, 0.2) is 29.0 Å². The first-order valence-corrected chi connectivity index (χ1v) is 3.88. The van der Waals surface area contributed by atoms with E-state index in [1.165, 1.54) is 18.5 Å². The lowest BCUT2D eigenvalue weighted by Gasteiger charge is -1.95. The van der Waals surface area contributed by atoms with Crippen molar-refractivity contribution in [1.29, 1.82) is 0 Å². The smallest absolute Gasteiger partial charge is 0.329 e. The lowest BCUT2D eigenvalue weighted by molar-refractivity contribution is -0.159. The highest BCUT2D eigenvalue weighted by Crippen LogP contribution is 2.28. The molecule has 0 saturated heterocycles. The van der Waals surface area contributed by atoms with Gasteiger partial charge in [0.1, 0.15) is 0 Å². The molecule has 0 N–H and O–H groups in total. The Balaban J connectivity index is 2.37. The second-order valence-corrected chi connectivity index (χ2v) is 2.66. The number of aromatic nitrogens is 3. The van der Waals surface area contributed by atoms with E-state index in [1.807, 2.05) is 0 Å². The Bertz CT molecular complexity index is 452. The fourth-order valence-corrected chi connectivity index (χ4v) is 0.951. The molecule has 2 aromatic rings. The zero-order valence-electron chi connectivity index (χ0n) is 7.19. The van der Waals surface area contributed by atoms with Gasteiger partial charge in [-0.05, 0) is 12.1 Å². The van der Waals surface area contributed by atoms with Crippen LogP contribution < -0.4 is 0 Å². The second kappa shape index (κ2) is 3.34. The number of nitrogens with zero attached hydrogens (tertiary/aromatic N) is 3. The van der Waals surface area contributed by atoms with Crippen LogP contribution in [0, 0.1) is 0 Å². The summed E-state index contributed by atoms with van der Waals surface area (Å²) in [7, 11) is 0. The van der Waals surface area contributed by atoms with Crippen LogP contribution in [0.4, 0.5) is 13.2 Å². The van der Waals surface area contributed by atoms with Gasteiger partial charge in [0.25, 0.3) is 0 Å². The minimum atomic E-state index is -4.62. The summed E-state index contributed by atoms with van der Waals surface area (Å²) >= 11 is 0. The molecule has 0 aliphatic rings. The topological polar surface area (TPSA) is 51.8 Å². The van der Waals surface area contributed by atoms with Crippen molar-refractivity contribution in [2.24, 2.45) is 0 Å². The average molecular weight is 215 g/mol. The predicted octanol–water partition coefficient (Wildman–Crippen LogP) is 2.15. The molecule has 0 saturated carbocycles. The molecule has 0 atom stereocenters.